The largest absolute Gasteiger partial charge is 0.465 e. The Morgan fingerprint density at radius 1 is 1.05 bits per heavy atom. The van der Waals surface area contributed by atoms with Gasteiger partial charge in [-0.3, -0.25) is 4.79 Å². The Kier molecular flexibility index (Phi) is 4.19. The molecule has 20 heavy (non-hydrogen) atoms. The summed E-state index contributed by atoms with van der Waals surface area (Å²) in [4.78, 5) is 12.5. The van der Waals surface area contributed by atoms with Crippen molar-refractivity contribution < 1.29 is 9.21 Å². The van der Waals surface area contributed by atoms with E-state index in [2.05, 4.69) is 6.08 Å². The van der Waals surface area contributed by atoms with E-state index in [1.165, 1.54) is 32.1 Å². The molecule has 0 saturated heterocycles. The van der Waals surface area contributed by atoms with Gasteiger partial charge in [0.1, 0.15) is 5.76 Å². The van der Waals surface area contributed by atoms with E-state index in [1.807, 2.05) is 18.2 Å². The molecule has 0 spiro atoms. The van der Waals surface area contributed by atoms with Gasteiger partial charge in [-0.25, -0.2) is 0 Å². The lowest BCUT2D eigenvalue weighted by Gasteiger charge is -2.22. The second-order valence-electron chi connectivity index (χ2n) is 5.96. The summed E-state index contributed by atoms with van der Waals surface area (Å²) in [5, 5.41) is 0. The van der Waals surface area contributed by atoms with Crippen molar-refractivity contribution in [2.75, 3.05) is 0 Å². The van der Waals surface area contributed by atoms with Gasteiger partial charge in [0.2, 0.25) is 0 Å². The maximum absolute atomic E-state index is 12.5. The molecule has 0 aliphatic heterocycles. The van der Waals surface area contributed by atoms with Crippen molar-refractivity contribution in [3.05, 3.63) is 41.4 Å². The molecule has 2 saturated carbocycles. The summed E-state index contributed by atoms with van der Waals surface area (Å²) in [7, 11) is 0. The van der Waals surface area contributed by atoms with E-state index in [0.717, 1.165) is 36.2 Å². The van der Waals surface area contributed by atoms with Crippen LogP contribution in [0.2, 0.25) is 0 Å². The quantitative estimate of drug-likeness (QED) is 0.714. The minimum absolute atomic E-state index is 0.248. The number of Topliss-reactive ketones (excluding diaryl/α,β-unsaturated/α-hetero) is 1. The number of ketones is 1. The van der Waals surface area contributed by atoms with E-state index < -0.39 is 0 Å². The Morgan fingerprint density at radius 2 is 1.85 bits per heavy atom. The van der Waals surface area contributed by atoms with Gasteiger partial charge in [0.05, 0.1) is 6.26 Å². The minimum Gasteiger partial charge on any atom is -0.465 e. The van der Waals surface area contributed by atoms with Gasteiger partial charge in [-0.1, -0.05) is 25.3 Å². The lowest BCUT2D eigenvalue weighted by molar-refractivity contribution is -0.113. The molecule has 0 unspecified atom stereocenters. The monoisotopic (exact) mass is 270 g/mol. The molecule has 0 N–H and O–H groups in total. The average molecular weight is 270 g/mol. The van der Waals surface area contributed by atoms with Crippen molar-refractivity contribution in [3.8, 4) is 0 Å². The first-order valence-electron chi connectivity index (χ1n) is 7.82. The third-order valence-electron chi connectivity index (χ3n) is 4.42. The zero-order valence-corrected chi connectivity index (χ0v) is 11.9. The predicted molar refractivity (Wildman–Crippen MR) is 80.2 cm³/mol. The molecule has 1 aromatic heterocycles. The van der Waals surface area contributed by atoms with Crippen LogP contribution >= 0.6 is 0 Å². The molecule has 1 heterocycles. The van der Waals surface area contributed by atoms with Crippen LogP contribution < -0.4 is 0 Å². The lowest BCUT2D eigenvalue weighted by atomic mass is 9.82. The summed E-state index contributed by atoms with van der Waals surface area (Å²) < 4.78 is 5.32. The predicted octanol–water partition coefficient (Wildman–Crippen LogP) is 4.92. The van der Waals surface area contributed by atoms with Crippen LogP contribution in [0.4, 0.5) is 0 Å². The lowest BCUT2D eigenvalue weighted by Crippen LogP contribution is -2.14. The number of hydrogen-bond donors (Lipinski definition) is 0. The highest BCUT2D eigenvalue weighted by molar-refractivity contribution is 6.11. The van der Waals surface area contributed by atoms with Crippen LogP contribution in [0.1, 0.15) is 57.1 Å². The summed E-state index contributed by atoms with van der Waals surface area (Å²) >= 11 is 0. The molecule has 3 rings (SSSR count). The number of rotatable bonds is 2. The highest BCUT2D eigenvalue weighted by Crippen LogP contribution is 2.31. The van der Waals surface area contributed by atoms with Crippen molar-refractivity contribution in [2.45, 2.75) is 51.4 Å². The fraction of sp³-hybridized carbons (Fsp3) is 0.500. The first kappa shape index (κ1) is 13.4. The molecule has 2 aliphatic carbocycles. The zero-order valence-electron chi connectivity index (χ0n) is 11.9. The van der Waals surface area contributed by atoms with Crippen LogP contribution in [0, 0.1) is 5.92 Å². The topological polar surface area (TPSA) is 30.2 Å². The Morgan fingerprint density at radius 3 is 2.60 bits per heavy atom. The number of furan rings is 1. The summed E-state index contributed by atoms with van der Waals surface area (Å²) in [6, 6.07) is 3.76. The van der Waals surface area contributed by atoms with E-state index in [4.69, 9.17) is 4.42 Å². The van der Waals surface area contributed by atoms with Crippen molar-refractivity contribution in [3.63, 3.8) is 0 Å². The third-order valence-corrected chi connectivity index (χ3v) is 4.42. The van der Waals surface area contributed by atoms with Crippen LogP contribution in [0.15, 0.2) is 40.0 Å². The van der Waals surface area contributed by atoms with Gasteiger partial charge in [-0.05, 0) is 61.8 Å². The van der Waals surface area contributed by atoms with E-state index >= 15 is 0 Å². The second-order valence-corrected chi connectivity index (χ2v) is 5.96. The van der Waals surface area contributed by atoms with Gasteiger partial charge < -0.3 is 4.42 Å². The number of carbonyl (C=O) groups excluding carboxylic acids is 1. The Labute approximate surface area is 120 Å². The van der Waals surface area contributed by atoms with E-state index in [0.29, 0.717) is 5.92 Å². The third kappa shape index (κ3) is 3.12. The van der Waals surface area contributed by atoms with E-state index in [1.54, 1.807) is 6.26 Å². The fourth-order valence-electron chi connectivity index (χ4n) is 3.33. The van der Waals surface area contributed by atoms with Crippen LogP contribution in [-0.4, -0.2) is 5.78 Å². The molecule has 2 fully saturated rings. The first-order chi connectivity index (χ1) is 9.83. The average Bonchev–Trinajstić information content (AvgIpc) is 2.97. The number of carbonyl (C=O) groups is 1. The van der Waals surface area contributed by atoms with E-state index in [-0.39, 0.29) is 5.78 Å². The molecular weight excluding hydrogens is 248 g/mol. The van der Waals surface area contributed by atoms with Crippen LogP contribution in [0.5, 0.6) is 0 Å². The normalized spacial score (nSPS) is 25.5. The molecule has 0 radical (unpaired) electrons. The summed E-state index contributed by atoms with van der Waals surface area (Å²) in [5.41, 5.74) is 1.95. The molecule has 2 nitrogen and oxygen atoms in total. The van der Waals surface area contributed by atoms with Crippen molar-refractivity contribution in [2.24, 2.45) is 5.92 Å². The fourth-order valence-corrected chi connectivity index (χ4v) is 3.33. The Hall–Kier alpha value is -1.57. The molecule has 2 heteroatoms. The van der Waals surface area contributed by atoms with Gasteiger partial charge in [0.15, 0.2) is 5.78 Å². The minimum atomic E-state index is 0.248. The van der Waals surface area contributed by atoms with Crippen molar-refractivity contribution in [1.29, 1.82) is 0 Å². The summed E-state index contributed by atoms with van der Waals surface area (Å²) in [5.74, 6) is 1.66. The van der Waals surface area contributed by atoms with Gasteiger partial charge in [-0.2, -0.15) is 0 Å². The second kappa shape index (κ2) is 6.25. The molecular formula is C18H22O2. The molecule has 0 aromatic carbocycles. The first-order valence-corrected chi connectivity index (χ1v) is 7.82. The van der Waals surface area contributed by atoms with Crippen molar-refractivity contribution in [1.82, 2.24) is 0 Å². The zero-order chi connectivity index (χ0) is 13.8. The molecule has 1 aromatic rings. The molecule has 2 aliphatic rings. The Balaban J connectivity index is 1.76. The number of hydrogen-bond acceptors (Lipinski definition) is 2. The maximum Gasteiger partial charge on any atom is 0.184 e. The van der Waals surface area contributed by atoms with Crippen LogP contribution in [0.3, 0.4) is 0 Å². The molecule has 106 valence electrons. The van der Waals surface area contributed by atoms with Gasteiger partial charge in [0.25, 0.3) is 0 Å². The standard InChI is InChI=1S/C18H22O2/c19-18-15(12-14-6-2-1-3-7-14)8-4-9-16(18)13-17-10-5-11-20-17/h5,10-14H,1-4,6-9H2/b15-12+,16-13+. The SMILES string of the molecule is O=C1/C(=C/c2ccco2)CCC/C1=C\C1CCCCC1. The maximum atomic E-state index is 12.5. The summed E-state index contributed by atoms with van der Waals surface area (Å²) in [6.45, 7) is 0. The Bertz CT molecular complexity index is 514. The van der Waals surface area contributed by atoms with Gasteiger partial charge in [-0.15, -0.1) is 0 Å². The summed E-state index contributed by atoms with van der Waals surface area (Å²) in [6.07, 6.45) is 15.3. The molecule has 0 atom stereocenters. The van der Waals surface area contributed by atoms with Gasteiger partial charge >= 0.3 is 0 Å². The van der Waals surface area contributed by atoms with Gasteiger partial charge in [0, 0.05) is 5.57 Å². The highest BCUT2D eigenvalue weighted by Gasteiger charge is 2.22. The smallest absolute Gasteiger partial charge is 0.184 e. The highest BCUT2D eigenvalue weighted by atomic mass is 16.3. The van der Waals surface area contributed by atoms with E-state index in [9.17, 15) is 4.79 Å². The number of allylic oxidation sites excluding steroid dienone is 3. The van der Waals surface area contributed by atoms with Crippen LogP contribution in [0.25, 0.3) is 6.08 Å². The van der Waals surface area contributed by atoms with Crippen LogP contribution in [-0.2, 0) is 4.79 Å². The molecule has 0 bridgehead atoms. The molecule has 0 amide bonds. The van der Waals surface area contributed by atoms with Crippen molar-refractivity contribution >= 4 is 11.9 Å².